The minimum atomic E-state index is -3.68. The van der Waals surface area contributed by atoms with Gasteiger partial charge in [0.15, 0.2) is 9.84 Å². The molecule has 2 rings (SSSR count). The fourth-order valence-electron chi connectivity index (χ4n) is 2.25. The van der Waals surface area contributed by atoms with E-state index in [0.29, 0.717) is 13.0 Å². The van der Waals surface area contributed by atoms with Gasteiger partial charge in [0.2, 0.25) is 0 Å². The van der Waals surface area contributed by atoms with Crippen LogP contribution >= 0.6 is 0 Å². The Hall–Kier alpha value is -2.94. The SMILES string of the molecule is COc1ccc(CCNC(=O)c2cc([N+](=O)[O-])cc(S(C)(=O)=O)c2)cc1. The number of hydrogen-bond donors (Lipinski definition) is 1. The lowest BCUT2D eigenvalue weighted by atomic mass is 10.1. The number of nitro groups is 1. The molecule has 8 nitrogen and oxygen atoms in total. The third kappa shape index (κ3) is 5.03. The van der Waals surface area contributed by atoms with Gasteiger partial charge in [0.1, 0.15) is 5.75 Å². The zero-order valence-electron chi connectivity index (χ0n) is 14.3. The number of nitro benzene ring substituents is 1. The van der Waals surface area contributed by atoms with Gasteiger partial charge >= 0.3 is 0 Å². The number of methoxy groups -OCH3 is 1. The maximum Gasteiger partial charge on any atom is 0.271 e. The number of hydrogen-bond acceptors (Lipinski definition) is 6. The Morgan fingerprint density at radius 2 is 1.85 bits per heavy atom. The first-order valence-corrected chi connectivity index (χ1v) is 9.50. The van der Waals surface area contributed by atoms with Gasteiger partial charge in [0, 0.05) is 30.5 Å². The van der Waals surface area contributed by atoms with E-state index in [0.717, 1.165) is 35.8 Å². The van der Waals surface area contributed by atoms with E-state index in [1.807, 2.05) is 12.1 Å². The second-order valence-corrected chi connectivity index (χ2v) is 7.61. The summed E-state index contributed by atoms with van der Waals surface area (Å²) >= 11 is 0. The van der Waals surface area contributed by atoms with Gasteiger partial charge in [-0.05, 0) is 30.2 Å². The number of rotatable bonds is 7. The maximum absolute atomic E-state index is 12.2. The summed E-state index contributed by atoms with van der Waals surface area (Å²) in [6, 6.07) is 10.4. The van der Waals surface area contributed by atoms with Gasteiger partial charge in [-0.1, -0.05) is 12.1 Å². The van der Waals surface area contributed by atoms with Crippen molar-refractivity contribution in [1.29, 1.82) is 0 Å². The molecule has 0 heterocycles. The predicted octanol–water partition coefficient (Wildman–Crippen LogP) is 1.98. The molecule has 0 fully saturated rings. The molecule has 1 N–H and O–H groups in total. The van der Waals surface area contributed by atoms with Crippen molar-refractivity contribution in [2.75, 3.05) is 19.9 Å². The lowest BCUT2D eigenvalue weighted by molar-refractivity contribution is -0.385. The summed E-state index contributed by atoms with van der Waals surface area (Å²) in [4.78, 5) is 22.2. The molecule has 0 saturated heterocycles. The number of ether oxygens (including phenoxy) is 1. The molecule has 0 spiro atoms. The summed E-state index contributed by atoms with van der Waals surface area (Å²) in [6.07, 6.45) is 1.47. The van der Waals surface area contributed by atoms with E-state index in [-0.39, 0.29) is 10.5 Å². The molecule has 0 aliphatic rings. The molecule has 9 heteroatoms. The number of nitrogens with zero attached hydrogens (tertiary/aromatic N) is 1. The summed E-state index contributed by atoms with van der Waals surface area (Å²) in [6.45, 7) is 0.294. The fourth-order valence-corrected chi connectivity index (χ4v) is 2.92. The minimum Gasteiger partial charge on any atom is -0.497 e. The summed E-state index contributed by atoms with van der Waals surface area (Å²) in [5, 5.41) is 13.6. The van der Waals surface area contributed by atoms with E-state index in [4.69, 9.17) is 4.74 Å². The summed E-state index contributed by atoms with van der Waals surface area (Å²) in [5.41, 5.74) is 0.449. The second-order valence-electron chi connectivity index (χ2n) is 5.60. The zero-order valence-corrected chi connectivity index (χ0v) is 15.1. The number of amides is 1. The van der Waals surface area contributed by atoms with E-state index >= 15 is 0 Å². The van der Waals surface area contributed by atoms with Crippen LogP contribution in [-0.2, 0) is 16.3 Å². The molecular formula is C17H18N2O6S. The van der Waals surface area contributed by atoms with Gasteiger partial charge in [-0.15, -0.1) is 0 Å². The Morgan fingerprint density at radius 1 is 1.19 bits per heavy atom. The molecule has 0 aliphatic heterocycles. The van der Waals surface area contributed by atoms with Gasteiger partial charge in [0.05, 0.1) is 16.9 Å². The van der Waals surface area contributed by atoms with Gasteiger partial charge in [-0.2, -0.15) is 0 Å². The average molecular weight is 378 g/mol. The molecule has 138 valence electrons. The van der Waals surface area contributed by atoms with E-state index in [1.165, 1.54) is 0 Å². The molecule has 1 amide bonds. The average Bonchev–Trinajstić information content (AvgIpc) is 2.61. The number of carbonyl (C=O) groups excluding carboxylic acids is 1. The molecule has 0 aliphatic carbocycles. The topological polar surface area (TPSA) is 116 Å². The highest BCUT2D eigenvalue weighted by atomic mass is 32.2. The van der Waals surface area contributed by atoms with Crippen LogP contribution in [0.5, 0.6) is 5.75 Å². The van der Waals surface area contributed by atoms with Crippen LogP contribution in [0.3, 0.4) is 0 Å². The van der Waals surface area contributed by atoms with Crippen molar-refractivity contribution in [3.05, 3.63) is 63.7 Å². The summed E-state index contributed by atoms with van der Waals surface area (Å²) < 4.78 is 28.4. The predicted molar refractivity (Wildman–Crippen MR) is 95.2 cm³/mol. The highest BCUT2D eigenvalue weighted by molar-refractivity contribution is 7.90. The molecule has 26 heavy (non-hydrogen) atoms. The molecule has 2 aromatic rings. The van der Waals surface area contributed by atoms with E-state index in [9.17, 15) is 23.3 Å². The van der Waals surface area contributed by atoms with Crippen LogP contribution in [0.15, 0.2) is 47.4 Å². The van der Waals surface area contributed by atoms with Gasteiger partial charge in [0.25, 0.3) is 11.6 Å². The van der Waals surface area contributed by atoms with E-state index < -0.39 is 26.4 Å². The van der Waals surface area contributed by atoms with Crippen molar-refractivity contribution in [2.24, 2.45) is 0 Å². The lowest BCUT2D eigenvalue weighted by Crippen LogP contribution is -2.26. The van der Waals surface area contributed by atoms with Crippen molar-refractivity contribution >= 4 is 21.4 Å². The smallest absolute Gasteiger partial charge is 0.271 e. The van der Waals surface area contributed by atoms with Gasteiger partial charge in [-0.3, -0.25) is 14.9 Å². The summed E-state index contributed by atoms with van der Waals surface area (Å²) in [5.74, 6) is 0.148. The first kappa shape index (κ1) is 19.4. The van der Waals surface area contributed by atoms with Crippen molar-refractivity contribution in [3.63, 3.8) is 0 Å². The van der Waals surface area contributed by atoms with Crippen LogP contribution in [-0.4, -0.2) is 39.2 Å². The molecule has 2 aromatic carbocycles. The van der Waals surface area contributed by atoms with Gasteiger partial charge < -0.3 is 10.1 Å². The van der Waals surface area contributed by atoms with Crippen molar-refractivity contribution in [1.82, 2.24) is 5.32 Å². The van der Waals surface area contributed by atoms with E-state index in [2.05, 4.69) is 5.32 Å². The van der Waals surface area contributed by atoms with Crippen LogP contribution in [0.2, 0.25) is 0 Å². The molecular weight excluding hydrogens is 360 g/mol. The molecule has 0 saturated carbocycles. The molecule has 0 atom stereocenters. The van der Waals surface area contributed by atoms with Crippen LogP contribution in [0.1, 0.15) is 15.9 Å². The first-order chi connectivity index (χ1) is 12.2. The number of carbonyl (C=O) groups is 1. The van der Waals surface area contributed by atoms with Crippen LogP contribution < -0.4 is 10.1 Å². The number of nitrogens with one attached hydrogen (secondary N) is 1. The van der Waals surface area contributed by atoms with Crippen molar-refractivity contribution in [2.45, 2.75) is 11.3 Å². The molecule has 0 unspecified atom stereocenters. The second kappa shape index (κ2) is 7.96. The zero-order chi connectivity index (χ0) is 19.3. The Balaban J connectivity index is 2.10. The Labute approximate surface area is 150 Å². The standard InChI is InChI=1S/C17H18N2O6S/c1-25-15-5-3-12(4-6-15)7-8-18-17(20)13-9-14(19(21)22)11-16(10-13)26(2,23)24/h3-6,9-11H,7-8H2,1-2H3,(H,18,20). The Morgan fingerprint density at radius 3 is 2.38 bits per heavy atom. The largest absolute Gasteiger partial charge is 0.497 e. The number of non-ortho nitro benzene ring substituents is 1. The highest BCUT2D eigenvalue weighted by Crippen LogP contribution is 2.21. The monoisotopic (exact) mass is 378 g/mol. The fraction of sp³-hybridized carbons (Fsp3) is 0.235. The molecule has 0 bridgehead atoms. The lowest BCUT2D eigenvalue weighted by Gasteiger charge is -2.08. The Kier molecular flexibility index (Phi) is 5.93. The Bertz CT molecular complexity index is 923. The number of benzene rings is 2. The van der Waals surface area contributed by atoms with E-state index in [1.54, 1.807) is 19.2 Å². The number of sulfone groups is 1. The van der Waals surface area contributed by atoms with Crippen molar-refractivity contribution in [3.8, 4) is 5.75 Å². The first-order valence-electron chi connectivity index (χ1n) is 7.61. The molecule has 0 radical (unpaired) electrons. The summed E-state index contributed by atoms with van der Waals surface area (Å²) in [7, 11) is -2.11. The van der Waals surface area contributed by atoms with Gasteiger partial charge in [-0.25, -0.2) is 8.42 Å². The quantitative estimate of drug-likeness (QED) is 0.582. The minimum absolute atomic E-state index is 0.0747. The third-order valence-corrected chi connectivity index (χ3v) is 4.74. The van der Waals surface area contributed by atoms with Crippen LogP contribution in [0.25, 0.3) is 0 Å². The van der Waals surface area contributed by atoms with Crippen LogP contribution in [0, 0.1) is 10.1 Å². The van der Waals surface area contributed by atoms with Crippen molar-refractivity contribution < 1.29 is 22.9 Å². The highest BCUT2D eigenvalue weighted by Gasteiger charge is 2.18. The maximum atomic E-state index is 12.2. The van der Waals surface area contributed by atoms with Crippen LogP contribution in [0.4, 0.5) is 5.69 Å². The molecule has 0 aromatic heterocycles. The normalized spacial score (nSPS) is 11.0. The third-order valence-electron chi connectivity index (χ3n) is 3.65.